The number of carbonyl (C=O) groups is 2. The van der Waals surface area contributed by atoms with Gasteiger partial charge >= 0.3 is 11.9 Å². The number of esters is 1. The van der Waals surface area contributed by atoms with Crippen LogP contribution in [0.15, 0.2) is 12.2 Å². The molecule has 0 fully saturated rings. The number of hydrogen-bond donors (Lipinski definition) is 1. The van der Waals surface area contributed by atoms with Crippen LogP contribution in [0.5, 0.6) is 0 Å². The molecule has 0 aromatic heterocycles. The predicted molar refractivity (Wildman–Crippen MR) is 195 cm³/mol. The molecular weight excluding hydrogens is 556 g/mol. The monoisotopic (exact) mass is 635 g/mol. The van der Waals surface area contributed by atoms with Gasteiger partial charge in [0.15, 0.2) is 0 Å². The van der Waals surface area contributed by atoms with E-state index in [0.717, 1.165) is 64.2 Å². The Morgan fingerprint density at radius 3 is 1.24 bits per heavy atom. The van der Waals surface area contributed by atoms with Crippen molar-refractivity contribution in [3.05, 3.63) is 12.2 Å². The highest BCUT2D eigenvalue weighted by molar-refractivity contribution is 5.69. The largest absolute Gasteiger partial charge is 0.481 e. The molecule has 1 unspecified atom stereocenters. The Kier molecular flexibility index (Phi) is 36.1. The second kappa shape index (κ2) is 37.1. The number of allylic oxidation sites excluding steroid dienone is 2. The van der Waals surface area contributed by atoms with Crippen LogP contribution in [0, 0.1) is 0 Å². The van der Waals surface area contributed by atoms with Gasteiger partial charge in [0.25, 0.3) is 0 Å². The van der Waals surface area contributed by atoms with Gasteiger partial charge in [-0.05, 0) is 64.2 Å². The maximum atomic E-state index is 12.6. The van der Waals surface area contributed by atoms with Crippen LogP contribution in [0.25, 0.3) is 0 Å². The zero-order valence-electron chi connectivity index (χ0n) is 30.4. The summed E-state index contributed by atoms with van der Waals surface area (Å²) in [6.45, 7) is 4.54. The van der Waals surface area contributed by atoms with Gasteiger partial charge in [0.1, 0.15) is 6.10 Å². The van der Waals surface area contributed by atoms with Crippen LogP contribution < -0.4 is 0 Å². The van der Waals surface area contributed by atoms with E-state index in [2.05, 4.69) is 26.0 Å². The number of ether oxygens (including phenoxy) is 1. The summed E-state index contributed by atoms with van der Waals surface area (Å²) in [7, 11) is 0. The zero-order chi connectivity index (χ0) is 32.9. The second-order valence-electron chi connectivity index (χ2n) is 13.8. The van der Waals surface area contributed by atoms with Crippen molar-refractivity contribution in [1.82, 2.24) is 0 Å². The molecule has 0 radical (unpaired) electrons. The van der Waals surface area contributed by atoms with Gasteiger partial charge in [-0.3, -0.25) is 9.59 Å². The average molecular weight is 635 g/mol. The molecule has 0 amide bonds. The first-order valence-corrected chi connectivity index (χ1v) is 20.2. The molecule has 0 saturated heterocycles. The number of carbonyl (C=O) groups excluding carboxylic acids is 1. The fourth-order valence-electron chi connectivity index (χ4n) is 6.24. The van der Waals surface area contributed by atoms with E-state index in [4.69, 9.17) is 9.84 Å². The fourth-order valence-corrected chi connectivity index (χ4v) is 6.24. The second-order valence-corrected chi connectivity index (χ2v) is 13.8. The van der Waals surface area contributed by atoms with Crippen LogP contribution in [0.1, 0.15) is 232 Å². The van der Waals surface area contributed by atoms with Gasteiger partial charge in [-0.2, -0.15) is 0 Å². The van der Waals surface area contributed by atoms with Gasteiger partial charge in [-0.1, -0.05) is 167 Å². The Hall–Kier alpha value is -1.32. The summed E-state index contributed by atoms with van der Waals surface area (Å²) in [6.07, 6.45) is 45.1. The van der Waals surface area contributed by atoms with Gasteiger partial charge < -0.3 is 9.84 Å². The number of carboxylic acid groups (broad SMARTS) is 1. The molecule has 4 nitrogen and oxygen atoms in total. The molecule has 4 heteroatoms. The van der Waals surface area contributed by atoms with E-state index in [-0.39, 0.29) is 18.5 Å². The number of aliphatic carboxylic acids is 1. The molecule has 0 bridgehead atoms. The standard InChI is InChI=1S/C41H78O4/c1-3-5-7-9-11-13-15-17-18-19-20-22-24-27-31-35-39(36-32-28-26-29-33-37-40(42)43)45-41(44)38-34-30-25-23-21-16-14-12-10-8-6-4-2/h12,14,39H,3-11,13,15-38H2,1-2H3,(H,42,43)/b14-12-. The highest BCUT2D eigenvalue weighted by atomic mass is 16.5. The first kappa shape index (κ1) is 43.7. The lowest BCUT2D eigenvalue weighted by atomic mass is 10.0. The highest BCUT2D eigenvalue weighted by Gasteiger charge is 2.14. The zero-order valence-corrected chi connectivity index (χ0v) is 30.4. The van der Waals surface area contributed by atoms with Crippen molar-refractivity contribution in [2.75, 3.05) is 0 Å². The van der Waals surface area contributed by atoms with Crippen LogP contribution >= 0.6 is 0 Å². The van der Waals surface area contributed by atoms with E-state index in [1.807, 2.05) is 0 Å². The van der Waals surface area contributed by atoms with Crippen molar-refractivity contribution in [3.63, 3.8) is 0 Å². The Morgan fingerprint density at radius 2 is 0.800 bits per heavy atom. The minimum atomic E-state index is -0.698. The topological polar surface area (TPSA) is 63.6 Å². The number of rotatable bonds is 37. The predicted octanol–water partition coefficient (Wildman–Crippen LogP) is 13.8. The molecule has 0 rings (SSSR count). The Balaban J connectivity index is 4.02. The van der Waals surface area contributed by atoms with Crippen LogP contribution in [0.4, 0.5) is 0 Å². The number of unbranched alkanes of at least 4 members (excludes halogenated alkanes) is 26. The molecule has 0 spiro atoms. The lowest BCUT2D eigenvalue weighted by molar-refractivity contribution is -0.150. The Morgan fingerprint density at radius 1 is 0.467 bits per heavy atom. The molecule has 0 aromatic carbocycles. The summed E-state index contributed by atoms with van der Waals surface area (Å²) in [5.41, 5.74) is 0. The lowest BCUT2D eigenvalue weighted by Crippen LogP contribution is -2.18. The van der Waals surface area contributed by atoms with Crippen LogP contribution in [-0.4, -0.2) is 23.1 Å². The van der Waals surface area contributed by atoms with Crippen molar-refractivity contribution in [2.24, 2.45) is 0 Å². The summed E-state index contributed by atoms with van der Waals surface area (Å²) in [4.78, 5) is 23.4. The van der Waals surface area contributed by atoms with Crippen molar-refractivity contribution < 1.29 is 19.4 Å². The third-order valence-corrected chi connectivity index (χ3v) is 9.24. The molecule has 0 aliphatic carbocycles. The maximum absolute atomic E-state index is 12.6. The molecule has 45 heavy (non-hydrogen) atoms. The highest BCUT2D eigenvalue weighted by Crippen LogP contribution is 2.19. The summed E-state index contributed by atoms with van der Waals surface area (Å²) < 4.78 is 6.00. The normalized spacial score (nSPS) is 12.2. The van der Waals surface area contributed by atoms with Crippen molar-refractivity contribution >= 4 is 11.9 Å². The SMILES string of the molecule is CCCCC/C=C\CCCCCCCC(=O)OC(CCCCCCCCCCCCCCCCC)CCCCCCCC(=O)O. The Labute approximate surface area is 281 Å². The van der Waals surface area contributed by atoms with Gasteiger partial charge in [-0.15, -0.1) is 0 Å². The molecule has 0 heterocycles. The third kappa shape index (κ3) is 37.0. The molecule has 0 aliphatic rings. The van der Waals surface area contributed by atoms with E-state index in [9.17, 15) is 9.59 Å². The smallest absolute Gasteiger partial charge is 0.306 e. The van der Waals surface area contributed by atoms with Crippen LogP contribution in [-0.2, 0) is 14.3 Å². The molecule has 1 atom stereocenters. The summed E-state index contributed by atoms with van der Waals surface area (Å²) in [5.74, 6) is -0.701. The maximum Gasteiger partial charge on any atom is 0.306 e. The van der Waals surface area contributed by atoms with Gasteiger partial charge in [0.2, 0.25) is 0 Å². The summed E-state index contributed by atoms with van der Waals surface area (Å²) >= 11 is 0. The molecule has 0 saturated carbocycles. The van der Waals surface area contributed by atoms with Gasteiger partial charge in [-0.25, -0.2) is 0 Å². The van der Waals surface area contributed by atoms with Gasteiger partial charge in [0, 0.05) is 12.8 Å². The Bertz CT molecular complexity index is 643. The van der Waals surface area contributed by atoms with E-state index in [1.165, 1.54) is 141 Å². The van der Waals surface area contributed by atoms with E-state index < -0.39 is 5.97 Å². The first-order chi connectivity index (χ1) is 22.1. The minimum Gasteiger partial charge on any atom is -0.481 e. The van der Waals surface area contributed by atoms with E-state index in [1.54, 1.807) is 0 Å². The van der Waals surface area contributed by atoms with E-state index >= 15 is 0 Å². The molecular formula is C41H78O4. The quantitative estimate of drug-likeness (QED) is 0.0419. The molecule has 1 N–H and O–H groups in total. The van der Waals surface area contributed by atoms with Crippen molar-refractivity contribution in [1.29, 1.82) is 0 Å². The number of carboxylic acids is 1. The molecule has 0 aliphatic heterocycles. The molecule has 266 valence electrons. The summed E-state index contributed by atoms with van der Waals surface area (Å²) in [5, 5.41) is 8.82. The fraction of sp³-hybridized carbons (Fsp3) is 0.902. The minimum absolute atomic E-state index is 0.00238. The van der Waals surface area contributed by atoms with Crippen molar-refractivity contribution in [2.45, 2.75) is 238 Å². The third-order valence-electron chi connectivity index (χ3n) is 9.24. The summed E-state index contributed by atoms with van der Waals surface area (Å²) in [6, 6.07) is 0. The first-order valence-electron chi connectivity index (χ1n) is 20.2. The van der Waals surface area contributed by atoms with Crippen LogP contribution in [0.2, 0.25) is 0 Å². The van der Waals surface area contributed by atoms with E-state index in [0.29, 0.717) is 6.42 Å². The average Bonchev–Trinajstić information content (AvgIpc) is 3.02. The molecule has 0 aromatic rings. The number of hydrogen-bond acceptors (Lipinski definition) is 3. The van der Waals surface area contributed by atoms with Gasteiger partial charge in [0.05, 0.1) is 0 Å². The van der Waals surface area contributed by atoms with Crippen molar-refractivity contribution in [3.8, 4) is 0 Å². The van der Waals surface area contributed by atoms with Crippen LogP contribution in [0.3, 0.4) is 0 Å². The lowest BCUT2D eigenvalue weighted by Gasteiger charge is -2.18.